The monoisotopic (exact) mass is 305 g/mol. The van der Waals surface area contributed by atoms with Crippen molar-refractivity contribution >= 4 is 11.6 Å². The molecule has 6 heteroatoms. The molecule has 3 aliphatic rings. The highest BCUT2D eigenvalue weighted by Gasteiger charge is 2.51. The summed E-state index contributed by atoms with van der Waals surface area (Å²) < 4.78 is 5.03. The molecule has 1 spiro atoms. The average Bonchev–Trinajstić information content (AvgIpc) is 2.48. The molecule has 0 radical (unpaired) electrons. The lowest BCUT2D eigenvalue weighted by molar-refractivity contribution is -0.121. The van der Waals surface area contributed by atoms with Crippen LogP contribution in [0, 0.1) is 5.41 Å². The van der Waals surface area contributed by atoms with Crippen molar-refractivity contribution in [2.75, 3.05) is 20.7 Å². The molecule has 2 N–H and O–H groups in total. The highest BCUT2D eigenvalue weighted by molar-refractivity contribution is 6.22. The maximum Gasteiger partial charge on any atom is 0.226 e. The number of hydrogen-bond donors (Lipinski definition) is 2. The molecule has 6 nitrogen and oxygen atoms in total. The van der Waals surface area contributed by atoms with Gasteiger partial charge in [-0.1, -0.05) is 12.2 Å². The zero-order valence-corrected chi connectivity index (χ0v) is 12.6. The number of likely N-dealkylation sites (N-methyl/N-ethyl adjacent to an activating group) is 1. The number of nitrogens with zero attached hydrogens (tertiary/aromatic N) is 1. The van der Waals surface area contributed by atoms with E-state index in [1.807, 2.05) is 0 Å². The Kier molecular flexibility index (Phi) is 3.45. The van der Waals surface area contributed by atoms with Gasteiger partial charge in [-0.15, -0.1) is 0 Å². The molecule has 0 unspecified atom stereocenters. The van der Waals surface area contributed by atoms with Gasteiger partial charge >= 0.3 is 0 Å². The molecule has 1 heterocycles. The number of fused-ring (bicyclic) bond motifs is 1. The van der Waals surface area contributed by atoms with Crippen molar-refractivity contribution in [1.29, 1.82) is 0 Å². The SMILES string of the molecule is COC1=CC(=O)C2=C(C1=O)[C@@]1(C=C[C@H](O)C[C@@H]1O)CCN2C. The van der Waals surface area contributed by atoms with E-state index in [1.54, 1.807) is 24.1 Å². The number of Topliss-reactive ketones (excluding diaryl/α,β-unsaturated/α-hetero) is 1. The molecular weight excluding hydrogens is 286 g/mol. The number of allylic oxidation sites excluding steroid dienone is 2. The molecule has 3 atom stereocenters. The first-order valence-corrected chi connectivity index (χ1v) is 7.27. The minimum atomic E-state index is -0.939. The molecule has 0 aromatic heterocycles. The van der Waals surface area contributed by atoms with Gasteiger partial charge in [0.1, 0.15) is 0 Å². The summed E-state index contributed by atoms with van der Waals surface area (Å²) in [5.41, 5.74) is -0.343. The van der Waals surface area contributed by atoms with Gasteiger partial charge in [0.25, 0.3) is 0 Å². The van der Waals surface area contributed by atoms with Crippen molar-refractivity contribution in [3.05, 3.63) is 35.3 Å². The van der Waals surface area contributed by atoms with Crippen molar-refractivity contribution < 1.29 is 24.5 Å². The predicted octanol–water partition coefficient (Wildman–Crippen LogP) is -0.0738. The van der Waals surface area contributed by atoms with Gasteiger partial charge in [-0.3, -0.25) is 9.59 Å². The number of ether oxygens (including phenoxy) is 1. The fourth-order valence-electron chi connectivity index (χ4n) is 3.57. The number of rotatable bonds is 1. The number of carbonyl (C=O) groups excluding carboxylic acids is 2. The Morgan fingerprint density at radius 2 is 2.09 bits per heavy atom. The van der Waals surface area contributed by atoms with Gasteiger partial charge in [0, 0.05) is 37.1 Å². The third-order valence-electron chi connectivity index (χ3n) is 4.79. The van der Waals surface area contributed by atoms with Gasteiger partial charge in [0.05, 0.1) is 25.0 Å². The molecular formula is C16H19NO5. The third-order valence-corrected chi connectivity index (χ3v) is 4.79. The quantitative estimate of drug-likeness (QED) is 0.521. The highest BCUT2D eigenvalue weighted by Crippen LogP contribution is 2.48. The topological polar surface area (TPSA) is 87.1 Å². The Bertz CT molecular complexity index is 632. The lowest BCUT2D eigenvalue weighted by Crippen LogP contribution is -2.51. The molecule has 2 aliphatic carbocycles. The molecule has 0 amide bonds. The van der Waals surface area contributed by atoms with Crippen molar-refractivity contribution in [2.24, 2.45) is 5.41 Å². The van der Waals surface area contributed by atoms with Gasteiger partial charge in [0.2, 0.25) is 11.6 Å². The van der Waals surface area contributed by atoms with Crippen LogP contribution >= 0.6 is 0 Å². The number of carbonyl (C=O) groups is 2. The van der Waals surface area contributed by atoms with Gasteiger partial charge in [-0.2, -0.15) is 0 Å². The first kappa shape index (κ1) is 15.0. The van der Waals surface area contributed by atoms with E-state index in [0.29, 0.717) is 18.7 Å². The number of methoxy groups -OCH3 is 1. The summed E-state index contributed by atoms with van der Waals surface area (Å²) in [7, 11) is 3.10. The highest BCUT2D eigenvalue weighted by atomic mass is 16.5. The lowest BCUT2D eigenvalue weighted by Gasteiger charge is -2.47. The number of ketones is 2. The molecule has 0 bridgehead atoms. The van der Waals surface area contributed by atoms with Crippen molar-refractivity contribution in [3.8, 4) is 0 Å². The van der Waals surface area contributed by atoms with Gasteiger partial charge < -0.3 is 19.8 Å². The van der Waals surface area contributed by atoms with E-state index in [9.17, 15) is 19.8 Å². The van der Waals surface area contributed by atoms with E-state index in [0.717, 1.165) is 0 Å². The Hall–Kier alpha value is -1.92. The maximum absolute atomic E-state index is 12.7. The Morgan fingerprint density at radius 1 is 1.36 bits per heavy atom. The summed E-state index contributed by atoms with van der Waals surface area (Å²) in [6.45, 7) is 0.547. The second-order valence-corrected chi connectivity index (χ2v) is 6.02. The van der Waals surface area contributed by atoms with E-state index < -0.39 is 17.6 Å². The summed E-state index contributed by atoms with van der Waals surface area (Å²) in [5, 5.41) is 20.3. The Labute approximate surface area is 128 Å². The van der Waals surface area contributed by atoms with E-state index in [2.05, 4.69) is 0 Å². The summed E-state index contributed by atoms with van der Waals surface area (Å²) in [6.07, 6.45) is 3.45. The fraction of sp³-hybridized carbons (Fsp3) is 0.500. The van der Waals surface area contributed by atoms with Gasteiger partial charge in [-0.05, 0) is 6.42 Å². The van der Waals surface area contributed by atoms with Crippen LogP contribution in [0.3, 0.4) is 0 Å². The van der Waals surface area contributed by atoms with Crippen LogP contribution in [0.4, 0.5) is 0 Å². The average molecular weight is 305 g/mol. The van der Waals surface area contributed by atoms with E-state index in [1.165, 1.54) is 13.2 Å². The summed E-state index contributed by atoms with van der Waals surface area (Å²) in [6, 6.07) is 0. The number of hydrogen-bond acceptors (Lipinski definition) is 6. The van der Waals surface area contributed by atoms with Crippen LogP contribution in [-0.4, -0.2) is 59.6 Å². The molecule has 0 saturated carbocycles. The zero-order valence-electron chi connectivity index (χ0n) is 12.6. The van der Waals surface area contributed by atoms with Crippen LogP contribution in [0.2, 0.25) is 0 Å². The molecule has 1 aliphatic heterocycles. The van der Waals surface area contributed by atoms with Crippen LogP contribution in [0.5, 0.6) is 0 Å². The second-order valence-electron chi connectivity index (χ2n) is 6.02. The minimum absolute atomic E-state index is 0.00912. The molecule has 22 heavy (non-hydrogen) atoms. The summed E-state index contributed by atoms with van der Waals surface area (Å²) >= 11 is 0. The van der Waals surface area contributed by atoms with Gasteiger partial charge in [0.15, 0.2) is 5.76 Å². The van der Waals surface area contributed by atoms with Crippen LogP contribution < -0.4 is 0 Å². The smallest absolute Gasteiger partial charge is 0.226 e. The lowest BCUT2D eigenvalue weighted by atomic mass is 9.63. The third kappa shape index (κ3) is 1.94. The second kappa shape index (κ2) is 5.07. The van der Waals surface area contributed by atoms with Crippen molar-refractivity contribution in [3.63, 3.8) is 0 Å². The summed E-state index contributed by atoms with van der Waals surface area (Å²) in [4.78, 5) is 26.9. The van der Waals surface area contributed by atoms with E-state index in [4.69, 9.17) is 4.74 Å². The van der Waals surface area contributed by atoms with Crippen LogP contribution in [0.25, 0.3) is 0 Å². The van der Waals surface area contributed by atoms with E-state index in [-0.39, 0.29) is 29.3 Å². The Balaban J connectivity index is 2.20. The van der Waals surface area contributed by atoms with Gasteiger partial charge in [-0.25, -0.2) is 0 Å². The number of aliphatic hydroxyl groups excluding tert-OH is 2. The predicted molar refractivity (Wildman–Crippen MR) is 77.6 cm³/mol. The zero-order chi connectivity index (χ0) is 16.1. The minimum Gasteiger partial charge on any atom is -0.493 e. The normalized spacial score (nSPS) is 34.9. The molecule has 0 aromatic carbocycles. The van der Waals surface area contributed by atoms with Crippen molar-refractivity contribution in [2.45, 2.75) is 25.0 Å². The van der Waals surface area contributed by atoms with Crippen LogP contribution in [-0.2, 0) is 14.3 Å². The molecule has 118 valence electrons. The Morgan fingerprint density at radius 3 is 2.73 bits per heavy atom. The molecule has 0 fully saturated rings. The molecule has 0 aromatic rings. The maximum atomic E-state index is 12.7. The molecule has 0 saturated heterocycles. The van der Waals surface area contributed by atoms with E-state index >= 15 is 0 Å². The fourth-order valence-corrected chi connectivity index (χ4v) is 3.57. The van der Waals surface area contributed by atoms with Crippen LogP contribution in [0.1, 0.15) is 12.8 Å². The van der Waals surface area contributed by atoms with Crippen molar-refractivity contribution in [1.82, 2.24) is 4.90 Å². The molecule has 3 rings (SSSR count). The standard InChI is InChI=1S/C16H19NO5/c1-17-6-5-16(4-3-9(18)7-12(16)20)13-14(17)10(19)8-11(22-2)15(13)21/h3-4,8-9,12,18,20H,5-7H2,1-2H3/t9-,12-,16-/m0/s1. The largest absolute Gasteiger partial charge is 0.493 e. The summed E-state index contributed by atoms with van der Waals surface area (Å²) in [5.74, 6) is -0.673. The first-order chi connectivity index (χ1) is 10.4. The first-order valence-electron chi connectivity index (χ1n) is 7.27. The number of aliphatic hydroxyl groups is 2. The van der Waals surface area contributed by atoms with Crippen LogP contribution in [0.15, 0.2) is 35.3 Å².